The molecule has 0 aliphatic carbocycles. The first-order valence-electron chi connectivity index (χ1n) is 8.81. The third-order valence-electron chi connectivity index (χ3n) is 4.58. The van der Waals surface area contributed by atoms with Crippen molar-refractivity contribution in [3.8, 4) is 5.69 Å². The molecule has 27 heavy (non-hydrogen) atoms. The Morgan fingerprint density at radius 2 is 1.89 bits per heavy atom. The quantitative estimate of drug-likeness (QED) is 0.581. The van der Waals surface area contributed by atoms with Crippen molar-refractivity contribution in [1.29, 1.82) is 0 Å². The van der Waals surface area contributed by atoms with Crippen LogP contribution in [0, 0.1) is 13.8 Å². The number of hydrogen-bond acceptors (Lipinski definition) is 4. The van der Waals surface area contributed by atoms with Gasteiger partial charge in [0.15, 0.2) is 15.8 Å². The zero-order valence-corrected chi connectivity index (χ0v) is 17.7. The minimum atomic E-state index is -3.18. The highest BCUT2D eigenvalue weighted by Crippen LogP contribution is 2.17. The number of rotatable bonds is 6. The van der Waals surface area contributed by atoms with Crippen LogP contribution in [-0.2, 0) is 16.4 Å². The summed E-state index contributed by atoms with van der Waals surface area (Å²) in [4.78, 5) is 4.19. The fourth-order valence-corrected chi connectivity index (χ4v) is 2.90. The highest BCUT2D eigenvalue weighted by molar-refractivity contribution is 7.92. The summed E-state index contributed by atoms with van der Waals surface area (Å²) in [6, 6.07) is 10.1. The van der Waals surface area contributed by atoms with E-state index in [0.29, 0.717) is 12.5 Å². The number of guanidine groups is 1. The lowest BCUT2D eigenvalue weighted by atomic mass is 10.1. The molecular weight excluding hydrogens is 362 g/mol. The van der Waals surface area contributed by atoms with Crippen LogP contribution in [0.15, 0.2) is 35.3 Å². The zero-order chi connectivity index (χ0) is 20.2. The number of sulfone groups is 1. The van der Waals surface area contributed by atoms with E-state index in [0.717, 1.165) is 22.6 Å². The molecule has 2 N–H and O–H groups in total. The van der Waals surface area contributed by atoms with Crippen molar-refractivity contribution in [3.05, 3.63) is 47.3 Å². The van der Waals surface area contributed by atoms with Gasteiger partial charge in [-0.2, -0.15) is 5.10 Å². The number of aryl methyl sites for hydroxylation is 2. The van der Waals surface area contributed by atoms with Gasteiger partial charge < -0.3 is 10.6 Å². The van der Waals surface area contributed by atoms with Gasteiger partial charge in [0.2, 0.25) is 0 Å². The second kappa shape index (κ2) is 8.12. The Hall–Kier alpha value is -2.35. The molecule has 7 nitrogen and oxygen atoms in total. The van der Waals surface area contributed by atoms with Gasteiger partial charge in [0.05, 0.1) is 16.1 Å². The molecule has 2 aromatic rings. The molecule has 0 amide bonds. The third kappa shape index (κ3) is 5.09. The Labute approximate surface area is 161 Å². The molecular formula is C19H29N5O2S. The van der Waals surface area contributed by atoms with E-state index in [9.17, 15) is 8.42 Å². The normalized spacial score (nSPS) is 12.9. The number of nitrogens with one attached hydrogen (secondary N) is 2. The summed E-state index contributed by atoms with van der Waals surface area (Å²) >= 11 is 0. The number of hydrogen-bond donors (Lipinski definition) is 2. The van der Waals surface area contributed by atoms with Gasteiger partial charge in [0, 0.05) is 32.1 Å². The second-order valence-corrected chi connectivity index (χ2v) is 9.93. The lowest BCUT2D eigenvalue weighted by Crippen LogP contribution is -2.47. The fourth-order valence-electron chi connectivity index (χ4n) is 2.57. The molecule has 0 saturated heterocycles. The molecule has 0 bridgehead atoms. The topological polar surface area (TPSA) is 88.4 Å². The maximum atomic E-state index is 11.9. The second-order valence-electron chi connectivity index (χ2n) is 7.28. The predicted molar refractivity (Wildman–Crippen MR) is 110 cm³/mol. The molecule has 0 aliphatic heterocycles. The number of nitrogens with zero attached hydrogens (tertiary/aromatic N) is 3. The Balaban J connectivity index is 2.11. The molecule has 0 aliphatic rings. The number of aliphatic imine (C=N–C) groups is 1. The first kappa shape index (κ1) is 21.0. The van der Waals surface area contributed by atoms with Crippen molar-refractivity contribution in [2.75, 3.05) is 19.8 Å². The highest BCUT2D eigenvalue weighted by Gasteiger charge is 2.30. The van der Waals surface area contributed by atoms with E-state index in [1.54, 1.807) is 20.9 Å². The van der Waals surface area contributed by atoms with Gasteiger partial charge in [-0.3, -0.25) is 4.99 Å². The van der Waals surface area contributed by atoms with E-state index in [1.807, 2.05) is 48.9 Å². The van der Waals surface area contributed by atoms with Gasteiger partial charge >= 0.3 is 0 Å². The molecule has 0 saturated carbocycles. The lowest BCUT2D eigenvalue weighted by molar-refractivity contribution is 0.544. The summed E-state index contributed by atoms with van der Waals surface area (Å²) in [7, 11) is -1.51. The molecule has 8 heteroatoms. The van der Waals surface area contributed by atoms with Crippen molar-refractivity contribution in [2.45, 2.75) is 39.0 Å². The molecule has 0 unspecified atom stereocenters. The Kier molecular flexibility index (Phi) is 6.30. The number of para-hydroxylation sites is 1. The van der Waals surface area contributed by atoms with Crippen LogP contribution in [-0.4, -0.2) is 48.8 Å². The van der Waals surface area contributed by atoms with Crippen LogP contribution in [0.5, 0.6) is 0 Å². The van der Waals surface area contributed by atoms with E-state index in [2.05, 4.69) is 20.7 Å². The average Bonchev–Trinajstić information content (AvgIpc) is 2.92. The van der Waals surface area contributed by atoms with E-state index < -0.39 is 14.6 Å². The monoisotopic (exact) mass is 391 g/mol. The van der Waals surface area contributed by atoms with E-state index in [4.69, 9.17) is 0 Å². The molecule has 1 heterocycles. The van der Waals surface area contributed by atoms with Gasteiger partial charge in [-0.15, -0.1) is 0 Å². The van der Waals surface area contributed by atoms with Crippen LogP contribution in [0.3, 0.4) is 0 Å². The Bertz CT molecular complexity index is 929. The van der Waals surface area contributed by atoms with Crippen molar-refractivity contribution in [3.63, 3.8) is 0 Å². The smallest absolute Gasteiger partial charge is 0.191 e. The zero-order valence-electron chi connectivity index (χ0n) is 16.9. The highest BCUT2D eigenvalue weighted by atomic mass is 32.2. The summed E-state index contributed by atoms with van der Waals surface area (Å²) in [6.45, 7) is 8.19. The predicted octanol–water partition coefficient (Wildman–Crippen LogP) is 1.98. The summed E-state index contributed by atoms with van der Waals surface area (Å²) in [5.74, 6) is 0.551. The number of benzene rings is 1. The third-order valence-corrected chi connectivity index (χ3v) is 6.74. The largest absolute Gasteiger partial charge is 0.355 e. The van der Waals surface area contributed by atoms with Crippen molar-refractivity contribution < 1.29 is 8.42 Å². The SMILES string of the molecule is CN=C(NCc1ccccc1-n1nc(C)cc1C)NCC(C)(C)S(C)(=O)=O. The fraction of sp³-hybridized carbons (Fsp3) is 0.474. The van der Waals surface area contributed by atoms with E-state index in [1.165, 1.54) is 6.26 Å². The van der Waals surface area contributed by atoms with Crippen molar-refractivity contribution >= 4 is 15.8 Å². The van der Waals surface area contributed by atoms with Crippen LogP contribution >= 0.6 is 0 Å². The Morgan fingerprint density at radius 3 is 2.44 bits per heavy atom. The molecule has 1 aromatic heterocycles. The van der Waals surface area contributed by atoms with Crippen molar-refractivity contribution in [2.24, 2.45) is 4.99 Å². The van der Waals surface area contributed by atoms with E-state index >= 15 is 0 Å². The van der Waals surface area contributed by atoms with Gasteiger partial charge in [-0.05, 0) is 45.4 Å². The Morgan fingerprint density at radius 1 is 1.22 bits per heavy atom. The molecule has 1 aromatic carbocycles. The lowest BCUT2D eigenvalue weighted by Gasteiger charge is -2.24. The van der Waals surface area contributed by atoms with Gasteiger partial charge in [0.25, 0.3) is 0 Å². The maximum Gasteiger partial charge on any atom is 0.191 e. The summed E-state index contributed by atoms with van der Waals surface area (Å²) < 4.78 is 24.8. The van der Waals surface area contributed by atoms with Crippen LogP contribution in [0.4, 0.5) is 0 Å². The van der Waals surface area contributed by atoms with Gasteiger partial charge in [-0.1, -0.05) is 18.2 Å². The first-order valence-corrected chi connectivity index (χ1v) is 10.7. The first-order chi connectivity index (χ1) is 12.5. The standard InChI is InChI=1S/C19H29N5O2S/c1-14-11-15(2)24(23-14)17-10-8-7-9-16(17)12-21-18(20-5)22-13-19(3,4)27(6,25)26/h7-11H,12-13H2,1-6H3,(H2,20,21,22). The van der Waals surface area contributed by atoms with Gasteiger partial charge in [-0.25, -0.2) is 13.1 Å². The van der Waals surface area contributed by atoms with Crippen molar-refractivity contribution in [1.82, 2.24) is 20.4 Å². The molecule has 0 fully saturated rings. The molecule has 148 valence electrons. The van der Waals surface area contributed by atoms with Crippen LogP contribution in [0.25, 0.3) is 5.69 Å². The van der Waals surface area contributed by atoms with E-state index in [-0.39, 0.29) is 6.54 Å². The average molecular weight is 392 g/mol. The minimum absolute atomic E-state index is 0.268. The van der Waals surface area contributed by atoms with Gasteiger partial charge in [0.1, 0.15) is 0 Å². The van der Waals surface area contributed by atoms with Crippen LogP contribution < -0.4 is 10.6 Å². The molecule has 0 radical (unpaired) electrons. The molecule has 0 spiro atoms. The maximum absolute atomic E-state index is 11.9. The minimum Gasteiger partial charge on any atom is -0.355 e. The summed E-state index contributed by atoms with van der Waals surface area (Å²) in [5.41, 5.74) is 4.10. The molecule has 0 atom stereocenters. The number of aromatic nitrogens is 2. The summed E-state index contributed by atoms with van der Waals surface area (Å²) in [5, 5.41) is 10.9. The van der Waals surface area contributed by atoms with Crippen LogP contribution in [0.1, 0.15) is 30.8 Å². The molecule has 2 rings (SSSR count). The summed E-state index contributed by atoms with van der Waals surface area (Å²) in [6.07, 6.45) is 1.25. The van der Waals surface area contributed by atoms with Crippen LogP contribution in [0.2, 0.25) is 0 Å².